The van der Waals surface area contributed by atoms with Crippen molar-refractivity contribution in [3.63, 3.8) is 0 Å². The number of fused-ring (bicyclic) bond motifs is 1. The van der Waals surface area contributed by atoms with Gasteiger partial charge in [0, 0.05) is 67.7 Å². The summed E-state index contributed by atoms with van der Waals surface area (Å²) in [5, 5.41) is 9.98. The van der Waals surface area contributed by atoms with Crippen molar-refractivity contribution >= 4 is 28.7 Å². The number of hydrogen-bond acceptors (Lipinski definition) is 4. The Morgan fingerprint density at radius 1 is 1.10 bits per heavy atom. The maximum Gasteiger partial charge on any atom is 0.246 e. The number of aryl methyl sites for hydroxylation is 1. The topological polar surface area (TPSA) is 65.2 Å². The van der Waals surface area contributed by atoms with Gasteiger partial charge in [0.2, 0.25) is 5.91 Å². The summed E-state index contributed by atoms with van der Waals surface area (Å²) in [4.78, 5) is 21.2. The molecular formula is C23H23N5O. The molecule has 3 heterocycles. The lowest BCUT2D eigenvalue weighted by Crippen LogP contribution is -2.48. The second-order valence-corrected chi connectivity index (χ2v) is 7.04. The number of amides is 1. The summed E-state index contributed by atoms with van der Waals surface area (Å²) in [7, 11) is 0. The Labute approximate surface area is 170 Å². The number of anilines is 1. The molecule has 1 aromatic carbocycles. The number of carbonyl (C=O) groups is 1. The van der Waals surface area contributed by atoms with E-state index < -0.39 is 0 Å². The van der Waals surface area contributed by atoms with Crippen LogP contribution in [0.5, 0.6) is 0 Å². The number of aromatic nitrogens is 2. The van der Waals surface area contributed by atoms with Crippen LogP contribution in [0.4, 0.5) is 5.82 Å². The summed E-state index contributed by atoms with van der Waals surface area (Å²) in [6.45, 7) is 3.58. The van der Waals surface area contributed by atoms with E-state index in [0.717, 1.165) is 35.4 Å². The summed E-state index contributed by atoms with van der Waals surface area (Å²) in [6.07, 6.45) is 7.82. The highest BCUT2D eigenvalue weighted by Crippen LogP contribution is 2.23. The predicted octanol–water partition coefficient (Wildman–Crippen LogP) is 3.31. The quantitative estimate of drug-likeness (QED) is 0.632. The molecule has 6 nitrogen and oxygen atoms in total. The van der Waals surface area contributed by atoms with Gasteiger partial charge in [0.1, 0.15) is 5.82 Å². The van der Waals surface area contributed by atoms with E-state index in [9.17, 15) is 4.79 Å². The Kier molecular flexibility index (Phi) is 5.57. The van der Waals surface area contributed by atoms with Gasteiger partial charge < -0.3 is 14.4 Å². The molecule has 2 aromatic heterocycles. The molecule has 0 bridgehead atoms. The van der Waals surface area contributed by atoms with Gasteiger partial charge in [-0.05, 0) is 24.3 Å². The normalized spacial score (nSPS) is 14.4. The lowest BCUT2D eigenvalue weighted by molar-refractivity contribution is -0.126. The van der Waals surface area contributed by atoms with Gasteiger partial charge in [-0.2, -0.15) is 5.26 Å². The zero-order valence-electron chi connectivity index (χ0n) is 16.2. The van der Waals surface area contributed by atoms with Gasteiger partial charge in [0.25, 0.3) is 0 Å². The van der Waals surface area contributed by atoms with Crippen LogP contribution in [0, 0.1) is 11.3 Å². The lowest BCUT2D eigenvalue weighted by atomic mass is 10.1. The highest BCUT2D eigenvalue weighted by molar-refractivity contribution is 5.96. The number of rotatable bonds is 5. The van der Waals surface area contributed by atoms with Crippen LogP contribution >= 0.6 is 0 Å². The van der Waals surface area contributed by atoms with Crippen LogP contribution in [0.1, 0.15) is 12.0 Å². The van der Waals surface area contributed by atoms with Gasteiger partial charge in [0.05, 0.1) is 12.5 Å². The van der Waals surface area contributed by atoms with E-state index >= 15 is 0 Å². The third-order valence-corrected chi connectivity index (χ3v) is 5.25. The SMILES string of the molecule is N#CCCn1cc(C=CC(=O)N2CCN(c3ccccn3)CC2)c2ccccc21. The number of nitriles is 1. The van der Waals surface area contributed by atoms with Crippen molar-refractivity contribution in [2.45, 2.75) is 13.0 Å². The van der Waals surface area contributed by atoms with Crippen molar-refractivity contribution < 1.29 is 4.79 Å². The van der Waals surface area contributed by atoms with Crippen LogP contribution in [0.25, 0.3) is 17.0 Å². The van der Waals surface area contributed by atoms with Crippen molar-refractivity contribution in [2.24, 2.45) is 0 Å². The summed E-state index contributed by atoms with van der Waals surface area (Å²) in [5.74, 6) is 0.986. The van der Waals surface area contributed by atoms with Crippen LogP contribution in [-0.4, -0.2) is 46.5 Å². The first kappa shape index (κ1) is 18.8. The van der Waals surface area contributed by atoms with Crippen LogP contribution in [0.15, 0.2) is 60.9 Å². The Morgan fingerprint density at radius 2 is 1.90 bits per heavy atom. The molecule has 6 heteroatoms. The fourth-order valence-corrected chi connectivity index (χ4v) is 3.73. The van der Waals surface area contributed by atoms with Crippen LogP contribution in [-0.2, 0) is 11.3 Å². The molecule has 1 fully saturated rings. The molecule has 1 aliphatic heterocycles. The Bertz CT molecular complexity index is 1060. The maximum absolute atomic E-state index is 12.7. The molecule has 0 unspecified atom stereocenters. The molecule has 1 aliphatic rings. The van der Waals surface area contributed by atoms with Crippen molar-refractivity contribution in [3.05, 3.63) is 66.5 Å². The number of para-hydroxylation sites is 1. The third kappa shape index (κ3) is 4.14. The van der Waals surface area contributed by atoms with E-state index in [1.807, 2.05) is 59.6 Å². The van der Waals surface area contributed by atoms with Gasteiger partial charge in [-0.25, -0.2) is 4.98 Å². The number of piperazine rings is 1. The van der Waals surface area contributed by atoms with Crippen LogP contribution in [0.3, 0.4) is 0 Å². The summed E-state index contributed by atoms with van der Waals surface area (Å²) < 4.78 is 2.08. The lowest BCUT2D eigenvalue weighted by Gasteiger charge is -2.34. The number of hydrogen-bond donors (Lipinski definition) is 0. The van der Waals surface area contributed by atoms with Crippen LogP contribution in [0.2, 0.25) is 0 Å². The van der Waals surface area contributed by atoms with E-state index in [0.29, 0.717) is 26.1 Å². The Balaban J connectivity index is 1.43. The molecule has 1 saturated heterocycles. The number of pyridine rings is 1. The monoisotopic (exact) mass is 385 g/mol. The average molecular weight is 385 g/mol. The molecular weight excluding hydrogens is 362 g/mol. The van der Waals surface area contributed by atoms with Crippen molar-refractivity contribution in [1.29, 1.82) is 5.26 Å². The third-order valence-electron chi connectivity index (χ3n) is 5.25. The highest BCUT2D eigenvalue weighted by atomic mass is 16.2. The predicted molar refractivity (Wildman–Crippen MR) is 114 cm³/mol. The standard InChI is InChI=1S/C23H23N5O/c24-11-5-13-28-18-19(20-6-1-2-7-21(20)28)9-10-23(29)27-16-14-26(15-17-27)22-8-3-4-12-25-22/h1-4,6-10,12,18H,5,13-17H2. The number of benzene rings is 1. The van der Waals surface area contributed by atoms with Gasteiger partial charge in [0.15, 0.2) is 0 Å². The van der Waals surface area contributed by atoms with Crippen LogP contribution < -0.4 is 4.90 Å². The molecule has 0 N–H and O–H groups in total. The van der Waals surface area contributed by atoms with E-state index in [4.69, 9.17) is 5.26 Å². The molecule has 4 rings (SSSR count). The minimum absolute atomic E-state index is 0.0273. The second-order valence-electron chi connectivity index (χ2n) is 7.04. The first-order chi connectivity index (χ1) is 14.3. The smallest absolute Gasteiger partial charge is 0.246 e. The van der Waals surface area contributed by atoms with Gasteiger partial charge in [-0.15, -0.1) is 0 Å². The molecule has 146 valence electrons. The molecule has 0 radical (unpaired) electrons. The van der Waals surface area contributed by atoms with E-state index in [2.05, 4.69) is 20.5 Å². The molecule has 0 spiro atoms. The Morgan fingerprint density at radius 3 is 2.66 bits per heavy atom. The second kappa shape index (κ2) is 8.61. The summed E-state index contributed by atoms with van der Waals surface area (Å²) in [5.41, 5.74) is 2.08. The largest absolute Gasteiger partial charge is 0.353 e. The highest BCUT2D eigenvalue weighted by Gasteiger charge is 2.20. The zero-order valence-corrected chi connectivity index (χ0v) is 16.2. The first-order valence-corrected chi connectivity index (χ1v) is 9.84. The average Bonchev–Trinajstić information content (AvgIpc) is 3.14. The van der Waals surface area contributed by atoms with E-state index in [1.165, 1.54) is 0 Å². The summed E-state index contributed by atoms with van der Waals surface area (Å²) >= 11 is 0. The van der Waals surface area contributed by atoms with Crippen molar-refractivity contribution in [2.75, 3.05) is 31.1 Å². The first-order valence-electron chi connectivity index (χ1n) is 9.84. The fraction of sp³-hybridized carbons (Fsp3) is 0.261. The van der Waals surface area contributed by atoms with E-state index in [1.54, 1.807) is 12.3 Å². The maximum atomic E-state index is 12.7. The molecule has 0 saturated carbocycles. The van der Waals surface area contributed by atoms with E-state index in [-0.39, 0.29) is 5.91 Å². The Hall–Kier alpha value is -3.59. The number of nitrogens with zero attached hydrogens (tertiary/aromatic N) is 5. The van der Waals surface area contributed by atoms with Gasteiger partial charge >= 0.3 is 0 Å². The number of carbonyl (C=O) groups excluding carboxylic acids is 1. The summed E-state index contributed by atoms with van der Waals surface area (Å²) in [6, 6.07) is 16.2. The molecule has 0 atom stereocenters. The molecule has 29 heavy (non-hydrogen) atoms. The van der Waals surface area contributed by atoms with Gasteiger partial charge in [-0.1, -0.05) is 24.3 Å². The fourth-order valence-electron chi connectivity index (χ4n) is 3.73. The van der Waals surface area contributed by atoms with Gasteiger partial charge in [-0.3, -0.25) is 4.79 Å². The molecule has 0 aliphatic carbocycles. The molecule has 1 amide bonds. The molecule has 3 aromatic rings. The van der Waals surface area contributed by atoms with Crippen molar-refractivity contribution in [1.82, 2.24) is 14.5 Å². The zero-order chi connectivity index (χ0) is 20.1. The van der Waals surface area contributed by atoms with Crippen molar-refractivity contribution in [3.8, 4) is 6.07 Å². The minimum atomic E-state index is 0.0273. The minimum Gasteiger partial charge on any atom is -0.353 e.